The molecule has 3 heterocycles. The van der Waals surface area contributed by atoms with E-state index >= 15 is 0 Å². The van der Waals surface area contributed by atoms with Gasteiger partial charge in [-0.3, -0.25) is 4.57 Å². The Kier molecular flexibility index (Phi) is 2.94. The topological polar surface area (TPSA) is 91.7 Å². The number of hydrogen-bond acceptors (Lipinski definition) is 6. The fraction of sp³-hybridized carbons (Fsp3) is 0.231. The third kappa shape index (κ3) is 2.13. The molecule has 0 saturated carbocycles. The highest BCUT2D eigenvalue weighted by molar-refractivity contribution is 5.74. The molecule has 0 fully saturated rings. The first-order chi connectivity index (χ1) is 9.67. The molecule has 102 valence electrons. The van der Waals surface area contributed by atoms with Gasteiger partial charge in [0.2, 0.25) is 11.8 Å². The van der Waals surface area contributed by atoms with Crippen LogP contribution in [0.15, 0.2) is 24.4 Å². The summed E-state index contributed by atoms with van der Waals surface area (Å²) in [7, 11) is 1.58. The van der Waals surface area contributed by atoms with E-state index < -0.39 is 0 Å². The van der Waals surface area contributed by atoms with Crippen molar-refractivity contribution >= 4 is 17.1 Å². The van der Waals surface area contributed by atoms with E-state index in [1.807, 2.05) is 19.1 Å². The van der Waals surface area contributed by atoms with Gasteiger partial charge in [0, 0.05) is 12.3 Å². The van der Waals surface area contributed by atoms with Gasteiger partial charge in [-0.1, -0.05) is 0 Å². The number of pyridine rings is 1. The lowest BCUT2D eigenvalue weighted by molar-refractivity contribution is 0.399. The van der Waals surface area contributed by atoms with Gasteiger partial charge in [0.05, 0.1) is 19.3 Å². The summed E-state index contributed by atoms with van der Waals surface area (Å²) in [6.45, 7) is 2.34. The van der Waals surface area contributed by atoms with Gasteiger partial charge < -0.3 is 10.5 Å². The van der Waals surface area contributed by atoms with Crippen LogP contribution in [0.1, 0.15) is 11.5 Å². The van der Waals surface area contributed by atoms with Crippen LogP contribution in [0.4, 0.5) is 5.95 Å². The molecule has 0 aromatic carbocycles. The number of aryl methyl sites for hydroxylation is 1. The minimum absolute atomic E-state index is 0.400. The standard InChI is InChI=1S/C13H14N6O/c1-8-15-6-5-9(16-8)7-19-12-10(17-13(19)14)3-4-11(18-12)20-2/h3-6H,7H2,1-2H3,(H2,14,17). The van der Waals surface area contributed by atoms with Crippen molar-refractivity contribution in [3.05, 3.63) is 35.9 Å². The zero-order valence-electron chi connectivity index (χ0n) is 11.2. The number of nitrogens with zero attached hydrogens (tertiary/aromatic N) is 5. The molecule has 0 spiro atoms. The molecule has 0 aliphatic rings. The average molecular weight is 270 g/mol. The molecular formula is C13H14N6O. The Morgan fingerprint density at radius 2 is 2.05 bits per heavy atom. The first-order valence-corrected chi connectivity index (χ1v) is 6.12. The molecule has 0 bridgehead atoms. The summed E-state index contributed by atoms with van der Waals surface area (Å²) >= 11 is 0. The Morgan fingerprint density at radius 1 is 1.20 bits per heavy atom. The monoisotopic (exact) mass is 270 g/mol. The molecule has 20 heavy (non-hydrogen) atoms. The summed E-state index contributed by atoms with van der Waals surface area (Å²) in [5.74, 6) is 1.64. The first-order valence-electron chi connectivity index (χ1n) is 6.12. The van der Waals surface area contributed by atoms with Crippen LogP contribution in [0.25, 0.3) is 11.2 Å². The maximum Gasteiger partial charge on any atom is 0.215 e. The van der Waals surface area contributed by atoms with Crippen LogP contribution < -0.4 is 10.5 Å². The first kappa shape index (κ1) is 12.3. The van der Waals surface area contributed by atoms with Crippen molar-refractivity contribution in [2.45, 2.75) is 13.5 Å². The molecule has 7 nitrogen and oxygen atoms in total. The Bertz CT molecular complexity index is 767. The van der Waals surface area contributed by atoms with E-state index in [1.54, 1.807) is 23.9 Å². The summed E-state index contributed by atoms with van der Waals surface area (Å²) in [6, 6.07) is 5.44. The van der Waals surface area contributed by atoms with E-state index in [-0.39, 0.29) is 0 Å². The summed E-state index contributed by atoms with van der Waals surface area (Å²) in [5.41, 5.74) is 8.22. The number of rotatable bonds is 3. The lowest BCUT2D eigenvalue weighted by atomic mass is 10.4. The number of fused-ring (bicyclic) bond motifs is 1. The molecule has 0 saturated heterocycles. The van der Waals surface area contributed by atoms with Gasteiger partial charge in [-0.05, 0) is 19.1 Å². The number of anilines is 1. The van der Waals surface area contributed by atoms with E-state index in [4.69, 9.17) is 10.5 Å². The van der Waals surface area contributed by atoms with E-state index in [0.29, 0.717) is 24.0 Å². The lowest BCUT2D eigenvalue weighted by Gasteiger charge is -2.06. The van der Waals surface area contributed by atoms with E-state index in [9.17, 15) is 0 Å². The highest BCUT2D eigenvalue weighted by Crippen LogP contribution is 2.20. The lowest BCUT2D eigenvalue weighted by Crippen LogP contribution is -2.07. The number of hydrogen-bond donors (Lipinski definition) is 1. The molecule has 0 radical (unpaired) electrons. The van der Waals surface area contributed by atoms with Crippen LogP contribution in [0, 0.1) is 6.92 Å². The average Bonchev–Trinajstić information content (AvgIpc) is 2.74. The Labute approximate surface area is 115 Å². The molecule has 0 aliphatic heterocycles. The maximum atomic E-state index is 5.96. The third-order valence-electron chi connectivity index (χ3n) is 2.96. The summed E-state index contributed by atoms with van der Waals surface area (Å²) in [5, 5.41) is 0. The van der Waals surface area contributed by atoms with E-state index in [0.717, 1.165) is 17.0 Å². The SMILES string of the molecule is COc1ccc2nc(N)n(Cc3ccnc(C)n3)c2n1. The maximum absolute atomic E-state index is 5.96. The zero-order valence-corrected chi connectivity index (χ0v) is 11.2. The molecule has 0 amide bonds. The zero-order chi connectivity index (χ0) is 14.1. The Hall–Kier alpha value is -2.70. The second-order valence-electron chi connectivity index (χ2n) is 4.35. The normalized spacial score (nSPS) is 10.9. The largest absolute Gasteiger partial charge is 0.481 e. The summed E-state index contributed by atoms with van der Waals surface area (Å²) < 4.78 is 6.94. The number of nitrogens with two attached hydrogens (primary N) is 1. The molecule has 0 unspecified atom stereocenters. The molecule has 7 heteroatoms. The Morgan fingerprint density at radius 3 is 2.80 bits per heavy atom. The molecule has 0 atom stereocenters. The van der Waals surface area contributed by atoms with Gasteiger partial charge in [-0.25, -0.2) is 15.0 Å². The highest BCUT2D eigenvalue weighted by Gasteiger charge is 2.11. The smallest absolute Gasteiger partial charge is 0.215 e. The molecule has 3 rings (SSSR count). The highest BCUT2D eigenvalue weighted by atomic mass is 16.5. The van der Waals surface area contributed by atoms with Crippen molar-refractivity contribution in [1.82, 2.24) is 24.5 Å². The number of methoxy groups -OCH3 is 1. The van der Waals surface area contributed by atoms with Gasteiger partial charge in [0.25, 0.3) is 0 Å². The minimum atomic E-state index is 0.400. The molecule has 2 N–H and O–H groups in total. The van der Waals surface area contributed by atoms with Crippen molar-refractivity contribution in [2.75, 3.05) is 12.8 Å². The van der Waals surface area contributed by atoms with Gasteiger partial charge >= 0.3 is 0 Å². The van der Waals surface area contributed by atoms with Crippen LogP contribution in [-0.2, 0) is 6.54 Å². The van der Waals surface area contributed by atoms with Crippen LogP contribution in [0.5, 0.6) is 5.88 Å². The van der Waals surface area contributed by atoms with Crippen molar-refractivity contribution in [3.63, 3.8) is 0 Å². The number of imidazole rings is 1. The Balaban J connectivity index is 2.08. The van der Waals surface area contributed by atoms with Crippen molar-refractivity contribution in [2.24, 2.45) is 0 Å². The van der Waals surface area contributed by atoms with Crippen LogP contribution >= 0.6 is 0 Å². The summed E-state index contributed by atoms with van der Waals surface area (Å²) in [4.78, 5) is 17.1. The van der Waals surface area contributed by atoms with E-state index in [1.165, 1.54) is 0 Å². The fourth-order valence-electron chi connectivity index (χ4n) is 2.03. The second-order valence-corrected chi connectivity index (χ2v) is 4.35. The molecule has 3 aromatic rings. The molecule has 0 aliphatic carbocycles. The van der Waals surface area contributed by atoms with Gasteiger partial charge in [-0.15, -0.1) is 0 Å². The predicted octanol–water partition coefficient (Wildman–Crippen LogP) is 1.17. The van der Waals surface area contributed by atoms with E-state index in [2.05, 4.69) is 19.9 Å². The summed E-state index contributed by atoms with van der Waals surface area (Å²) in [6.07, 6.45) is 1.72. The predicted molar refractivity (Wildman–Crippen MR) is 74.4 cm³/mol. The second kappa shape index (κ2) is 4.76. The van der Waals surface area contributed by atoms with Gasteiger partial charge in [0.1, 0.15) is 11.3 Å². The van der Waals surface area contributed by atoms with Gasteiger partial charge in [-0.2, -0.15) is 4.98 Å². The van der Waals surface area contributed by atoms with Crippen LogP contribution in [-0.4, -0.2) is 31.6 Å². The number of ether oxygens (including phenoxy) is 1. The number of nitrogen functional groups attached to an aromatic ring is 1. The molecule has 3 aromatic heterocycles. The van der Waals surface area contributed by atoms with Crippen molar-refractivity contribution < 1.29 is 4.74 Å². The fourth-order valence-corrected chi connectivity index (χ4v) is 2.03. The van der Waals surface area contributed by atoms with Gasteiger partial charge in [0.15, 0.2) is 5.65 Å². The quantitative estimate of drug-likeness (QED) is 0.768. The van der Waals surface area contributed by atoms with Crippen molar-refractivity contribution in [1.29, 1.82) is 0 Å². The van der Waals surface area contributed by atoms with Crippen LogP contribution in [0.3, 0.4) is 0 Å². The van der Waals surface area contributed by atoms with Crippen LogP contribution in [0.2, 0.25) is 0 Å². The minimum Gasteiger partial charge on any atom is -0.481 e. The third-order valence-corrected chi connectivity index (χ3v) is 2.96. The number of aromatic nitrogens is 5. The molecular weight excluding hydrogens is 256 g/mol. The van der Waals surface area contributed by atoms with Crippen molar-refractivity contribution in [3.8, 4) is 5.88 Å².